The van der Waals surface area contributed by atoms with Gasteiger partial charge in [-0.2, -0.15) is 0 Å². The molecule has 4 heteroatoms. The summed E-state index contributed by atoms with van der Waals surface area (Å²) in [5, 5.41) is 3.25. The minimum Gasteiger partial charge on any atom is -0.342 e. The summed E-state index contributed by atoms with van der Waals surface area (Å²) >= 11 is 0. The van der Waals surface area contributed by atoms with Crippen molar-refractivity contribution in [2.75, 3.05) is 13.1 Å². The quantitative estimate of drug-likeness (QED) is 0.832. The normalized spacial score (nSPS) is 13.2. The number of likely N-dealkylation sites (N-methyl/N-ethyl adjacent to an activating group) is 1. The van der Waals surface area contributed by atoms with Crippen LogP contribution in [0.5, 0.6) is 0 Å². The maximum atomic E-state index is 13.4. The average molecular weight is 221 g/mol. The van der Waals surface area contributed by atoms with Gasteiger partial charge in [0.05, 0.1) is 5.52 Å². The van der Waals surface area contributed by atoms with Crippen molar-refractivity contribution in [2.45, 2.75) is 19.8 Å². The van der Waals surface area contributed by atoms with Crippen molar-refractivity contribution in [3.63, 3.8) is 0 Å². The van der Waals surface area contributed by atoms with E-state index in [0.717, 1.165) is 24.4 Å². The highest BCUT2D eigenvalue weighted by atomic mass is 19.1. The Hall–Kier alpha value is -1.42. The summed E-state index contributed by atoms with van der Waals surface area (Å²) in [6.45, 7) is 5.90. The number of aromatic amines is 1. The summed E-state index contributed by atoms with van der Waals surface area (Å²) in [5.41, 5.74) is 1.19. The van der Waals surface area contributed by atoms with Crippen LogP contribution >= 0.6 is 0 Å². The third-order valence-corrected chi connectivity index (χ3v) is 2.65. The molecule has 0 bridgehead atoms. The van der Waals surface area contributed by atoms with E-state index in [1.165, 1.54) is 6.07 Å². The number of rotatable bonds is 4. The zero-order chi connectivity index (χ0) is 11.5. The van der Waals surface area contributed by atoms with Crippen LogP contribution in [0.3, 0.4) is 0 Å². The molecule has 2 rings (SSSR count). The van der Waals surface area contributed by atoms with Crippen LogP contribution in [0.25, 0.3) is 11.0 Å². The number of para-hydroxylation sites is 1. The van der Waals surface area contributed by atoms with Gasteiger partial charge in [-0.15, -0.1) is 0 Å². The molecule has 2 aromatic rings. The Bertz CT molecular complexity index is 478. The second-order valence-corrected chi connectivity index (χ2v) is 3.97. The van der Waals surface area contributed by atoms with Gasteiger partial charge >= 0.3 is 0 Å². The number of imidazole rings is 1. The first kappa shape index (κ1) is 11.1. The number of hydrogen-bond donors (Lipinski definition) is 2. The molecule has 86 valence electrons. The lowest BCUT2D eigenvalue weighted by atomic mass is 10.2. The zero-order valence-corrected chi connectivity index (χ0v) is 9.55. The Balaban J connectivity index is 2.29. The van der Waals surface area contributed by atoms with Crippen molar-refractivity contribution in [1.82, 2.24) is 15.3 Å². The van der Waals surface area contributed by atoms with Crippen molar-refractivity contribution in [1.29, 1.82) is 0 Å². The van der Waals surface area contributed by atoms with Gasteiger partial charge in [0.1, 0.15) is 11.3 Å². The summed E-state index contributed by atoms with van der Waals surface area (Å²) in [4.78, 5) is 7.45. The molecule has 1 aromatic heterocycles. The molecule has 16 heavy (non-hydrogen) atoms. The fraction of sp³-hybridized carbons (Fsp3) is 0.417. The highest BCUT2D eigenvalue weighted by Gasteiger charge is 2.12. The number of aromatic nitrogens is 2. The number of hydrogen-bond acceptors (Lipinski definition) is 2. The van der Waals surface area contributed by atoms with Gasteiger partial charge in [-0.05, 0) is 18.7 Å². The highest BCUT2D eigenvalue weighted by molar-refractivity contribution is 5.75. The Morgan fingerprint density at radius 2 is 2.31 bits per heavy atom. The van der Waals surface area contributed by atoms with E-state index >= 15 is 0 Å². The minimum absolute atomic E-state index is 0.256. The van der Waals surface area contributed by atoms with Crippen LogP contribution in [0.1, 0.15) is 25.6 Å². The van der Waals surface area contributed by atoms with Gasteiger partial charge < -0.3 is 10.3 Å². The molecule has 0 fully saturated rings. The topological polar surface area (TPSA) is 40.7 Å². The molecule has 0 radical (unpaired) electrons. The van der Waals surface area contributed by atoms with Crippen LogP contribution in [-0.4, -0.2) is 23.1 Å². The Morgan fingerprint density at radius 1 is 1.50 bits per heavy atom. The van der Waals surface area contributed by atoms with Gasteiger partial charge in [-0.25, -0.2) is 9.37 Å². The van der Waals surface area contributed by atoms with Crippen molar-refractivity contribution in [3.05, 3.63) is 29.8 Å². The second kappa shape index (κ2) is 4.61. The monoisotopic (exact) mass is 221 g/mol. The maximum absolute atomic E-state index is 13.4. The Morgan fingerprint density at radius 3 is 3.00 bits per heavy atom. The third-order valence-electron chi connectivity index (χ3n) is 2.65. The molecular formula is C12H16FN3. The van der Waals surface area contributed by atoms with Crippen molar-refractivity contribution in [3.8, 4) is 0 Å². The molecule has 3 nitrogen and oxygen atoms in total. The van der Waals surface area contributed by atoms with Crippen LogP contribution < -0.4 is 5.32 Å². The summed E-state index contributed by atoms with van der Waals surface area (Å²) in [7, 11) is 0. The number of nitrogens with zero attached hydrogens (tertiary/aromatic N) is 1. The predicted molar refractivity (Wildman–Crippen MR) is 63.0 cm³/mol. The molecule has 0 spiro atoms. The molecule has 2 N–H and O–H groups in total. The predicted octanol–water partition coefficient (Wildman–Crippen LogP) is 2.42. The molecule has 0 aliphatic carbocycles. The molecule has 0 saturated carbocycles. The fourth-order valence-electron chi connectivity index (χ4n) is 1.71. The highest BCUT2D eigenvalue weighted by Crippen LogP contribution is 2.19. The smallest absolute Gasteiger partial charge is 0.151 e. The minimum atomic E-state index is -0.268. The van der Waals surface area contributed by atoms with E-state index in [1.807, 2.05) is 6.07 Å². The molecule has 0 amide bonds. The van der Waals surface area contributed by atoms with E-state index in [0.29, 0.717) is 5.52 Å². The fourth-order valence-corrected chi connectivity index (χ4v) is 1.71. The van der Waals surface area contributed by atoms with Crippen molar-refractivity contribution < 1.29 is 4.39 Å². The van der Waals surface area contributed by atoms with E-state index in [9.17, 15) is 4.39 Å². The van der Waals surface area contributed by atoms with Gasteiger partial charge in [0.2, 0.25) is 0 Å². The standard InChI is InChI=1S/C12H16FN3/c1-3-14-7-8(2)12-15-10-6-4-5-9(13)11(10)16-12/h4-6,8,14H,3,7H2,1-2H3,(H,15,16)/t8-/m1/s1. The van der Waals surface area contributed by atoms with Crippen molar-refractivity contribution >= 4 is 11.0 Å². The maximum Gasteiger partial charge on any atom is 0.151 e. The van der Waals surface area contributed by atoms with Crippen LogP contribution in [0, 0.1) is 5.82 Å². The Kier molecular flexibility index (Phi) is 3.19. The Labute approximate surface area is 94.1 Å². The molecule has 0 aliphatic rings. The summed E-state index contributed by atoms with van der Waals surface area (Å²) in [6.07, 6.45) is 0. The van der Waals surface area contributed by atoms with E-state index in [2.05, 4.69) is 29.1 Å². The van der Waals surface area contributed by atoms with Gasteiger partial charge in [0.15, 0.2) is 5.82 Å². The van der Waals surface area contributed by atoms with Crippen LogP contribution in [0.2, 0.25) is 0 Å². The SMILES string of the molecule is CCNC[C@@H](C)c1nc2c(F)cccc2[nH]1. The van der Waals surface area contributed by atoms with Crippen LogP contribution in [0.4, 0.5) is 4.39 Å². The summed E-state index contributed by atoms with van der Waals surface area (Å²) in [5.74, 6) is 0.823. The lowest BCUT2D eigenvalue weighted by molar-refractivity contribution is 0.612. The molecule has 0 unspecified atom stereocenters. The van der Waals surface area contributed by atoms with Crippen LogP contribution in [-0.2, 0) is 0 Å². The van der Waals surface area contributed by atoms with E-state index in [-0.39, 0.29) is 11.7 Å². The largest absolute Gasteiger partial charge is 0.342 e. The molecular weight excluding hydrogens is 205 g/mol. The zero-order valence-electron chi connectivity index (χ0n) is 9.55. The molecule has 1 aromatic carbocycles. The van der Waals surface area contributed by atoms with E-state index < -0.39 is 0 Å². The third kappa shape index (κ3) is 2.07. The van der Waals surface area contributed by atoms with Crippen molar-refractivity contribution in [2.24, 2.45) is 0 Å². The number of halogens is 1. The lowest BCUT2D eigenvalue weighted by Crippen LogP contribution is -2.20. The number of nitrogens with one attached hydrogen (secondary N) is 2. The number of benzene rings is 1. The van der Waals surface area contributed by atoms with E-state index in [4.69, 9.17) is 0 Å². The molecule has 0 saturated heterocycles. The first-order valence-electron chi connectivity index (χ1n) is 5.57. The van der Waals surface area contributed by atoms with Crippen LogP contribution in [0.15, 0.2) is 18.2 Å². The molecule has 0 aliphatic heterocycles. The van der Waals surface area contributed by atoms with Gasteiger partial charge in [-0.3, -0.25) is 0 Å². The lowest BCUT2D eigenvalue weighted by Gasteiger charge is -2.07. The first-order chi connectivity index (χ1) is 7.72. The number of fused-ring (bicyclic) bond motifs is 1. The second-order valence-electron chi connectivity index (χ2n) is 3.97. The van der Waals surface area contributed by atoms with Gasteiger partial charge in [-0.1, -0.05) is 19.9 Å². The van der Waals surface area contributed by atoms with Gasteiger partial charge in [0.25, 0.3) is 0 Å². The van der Waals surface area contributed by atoms with Gasteiger partial charge in [0, 0.05) is 12.5 Å². The first-order valence-corrected chi connectivity index (χ1v) is 5.57. The molecule has 1 heterocycles. The van der Waals surface area contributed by atoms with E-state index in [1.54, 1.807) is 6.07 Å². The summed E-state index contributed by atoms with van der Waals surface area (Å²) < 4.78 is 13.4. The number of H-pyrrole nitrogens is 1. The average Bonchev–Trinajstić information content (AvgIpc) is 2.71. The molecule has 1 atom stereocenters. The summed E-state index contributed by atoms with van der Waals surface area (Å²) in [6, 6.07) is 4.96.